The number of carbonyl (C=O) groups excluding carboxylic acids is 1. The predicted octanol–water partition coefficient (Wildman–Crippen LogP) is 2.40. The molecule has 7 heteroatoms. The smallest absolute Gasteiger partial charge is 0.410 e. The summed E-state index contributed by atoms with van der Waals surface area (Å²) in [5, 5.41) is 12.2. The molecular formula is C14H20N2O4S. The van der Waals surface area contributed by atoms with Crippen LogP contribution in [-0.2, 0) is 16.0 Å². The van der Waals surface area contributed by atoms with Crippen molar-refractivity contribution in [3.8, 4) is 0 Å². The number of hydrogen-bond donors (Lipinski definition) is 1. The molecule has 116 valence electrons. The van der Waals surface area contributed by atoms with E-state index >= 15 is 0 Å². The minimum absolute atomic E-state index is 0.164. The lowest BCUT2D eigenvalue weighted by Gasteiger charge is -2.26. The molecule has 0 saturated carbocycles. The van der Waals surface area contributed by atoms with Crippen molar-refractivity contribution in [1.29, 1.82) is 0 Å². The quantitative estimate of drug-likeness (QED) is 0.927. The normalized spacial score (nSPS) is 22.3. The largest absolute Gasteiger partial charge is 0.481 e. The highest BCUT2D eigenvalue weighted by Crippen LogP contribution is 2.35. The summed E-state index contributed by atoms with van der Waals surface area (Å²) in [6.45, 7) is 5.94. The molecule has 21 heavy (non-hydrogen) atoms. The van der Waals surface area contributed by atoms with E-state index < -0.39 is 23.1 Å². The SMILES string of the molecule is CC(C)(C)OC(=O)N1CCC(Cc2nccs2)(C(=O)O)C1. The van der Waals surface area contributed by atoms with Crippen molar-refractivity contribution in [2.24, 2.45) is 5.41 Å². The number of aliphatic carboxylic acids is 1. The molecule has 0 aliphatic carbocycles. The summed E-state index contributed by atoms with van der Waals surface area (Å²) in [5.41, 5.74) is -1.55. The van der Waals surface area contributed by atoms with Gasteiger partial charge in [0.25, 0.3) is 0 Å². The molecule has 0 aromatic carbocycles. The number of hydrogen-bond acceptors (Lipinski definition) is 5. The molecule has 2 rings (SSSR count). The lowest BCUT2D eigenvalue weighted by Crippen LogP contribution is -2.40. The minimum Gasteiger partial charge on any atom is -0.481 e. The maximum Gasteiger partial charge on any atom is 0.410 e. The summed E-state index contributed by atoms with van der Waals surface area (Å²) in [7, 11) is 0. The molecule has 1 aromatic heterocycles. The van der Waals surface area contributed by atoms with Gasteiger partial charge in [0.15, 0.2) is 0 Å². The average molecular weight is 312 g/mol. The van der Waals surface area contributed by atoms with Crippen LogP contribution in [0, 0.1) is 5.41 Å². The molecule has 6 nitrogen and oxygen atoms in total. The fourth-order valence-corrected chi connectivity index (χ4v) is 3.14. The molecule has 1 fully saturated rings. The topological polar surface area (TPSA) is 79.7 Å². The maximum absolute atomic E-state index is 12.1. The van der Waals surface area contributed by atoms with E-state index in [0.29, 0.717) is 19.4 Å². The van der Waals surface area contributed by atoms with Crippen molar-refractivity contribution in [1.82, 2.24) is 9.88 Å². The third-order valence-corrected chi connectivity index (χ3v) is 4.21. The van der Waals surface area contributed by atoms with Crippen molar-refractivity contribution in [3.63, 3.8) is 0 Å². The monoisotopic (exact) mass is 312 g/mol. The molecule has 1 aliphatic heterocycles. The van der Waals surface area contributed by atoms with Gasteiger partial charge in [-0.2, -0.15) is 0 Å². The second kappa shape index (κ2) is 5.63. The fourth-order valence-electron chi connectivity index (χ4n) is 2.38. The first-order valence-electron chi connectivity index (χ1n) is 6.82. The van der Waals surface area contributed by atoms with Crippen molar-refractivity contribution < 1.29 is 19.4 Å². The second-order valence-corrected chi connectivity index (χ2v) is 7.32. The van der Waals surface area contributed by atoms with Gasteiger partial charge in [0.2, 0.25) is 0 Å². The van der Waals surface area contributed by atoms with E-state index in [0.717, 1.165) is 5.01 Å². The molecule has 0 bridgehead atoms. The highest BCUT2D eigenvalue weighted by atomic mass is 32.1. The summed E-state index contributed by atoms with van der Waals surface area (Å²) in [6, 6.07) is 0. The van der Waals surface area contributed by atoms with Crippen LogP contribution in [0.3, 0.4) is 0 Å². The first kappa shape index (κ1) is 15.8. The van der Waals surface area contributed by atoms with Crippen LogP contribution in [0.4, 0.5) is 4.79 Å². The Labute approximate surface area is 127 Å². The first-order chi connectivity index (χ1) is 9.72. The zero-order valence-electron chi connectivity index (χ0n) is 12.5. The zero-order chi connectivity index (χ0) is 15.7. The Morgan fingerprint density at radius 3 is 2.76 bits per heavy atom. The maximum atomic E-state index is 12.1. The Morgan fingerprint density at radius 1 is 1.52 bits per heavy atom. The molecule has 2 heterocycles. The number of nitrogens with zero attached hydrogens (tertiary/aromatic N) is 2. The lowest BCUT2D eigenvalue weighted by molar-refractivity contribution is -0.148. The van der Waals surface area contributed by atoms with E-state index in [-0.39, 0.29) is 6.54 Å². The van der Waals surface area contributed by atoms with Gasteiger partial charge >= 0.3 is 12.1 Å². The van der Waals surface area contributed by atoms with E-state index in [1.165, 1.54) is 16.2 Å². The molecule has 1 aliphatic rings. The molecule has 1 amide bonds. The number of aromatic nitrogens is 1. The number of carbonyl (C=O) groups is 2. The molecular weight excluding hydrogens is 292 g/mol. The molecule has 1 atom stereocenters. The van der Waals surface area contributed by atoms with Gasteiger partial charge in [0, 0.05) is 31.1 Å². The van der Waals surface area contributed by atoms with Gasteiger partial charge in [0.1, 0.15) is 5.60 Å². The van der Waals surface area contributed by atoms with Crippen molar-refractivity contribution >= 4 is 23.4 Å². The van der Waals surface area contributed by atoms with Crippen molar-refractivity contribution in [2.45, 2.75) is 39.2 Å². The third kappa shape index (κ3) is 3.72. The first-order valence-corrected chi connectivity index (χ1v) is 7.69. The van der Waals surface area contributed by atoms with Gasteiger partial charge < -0.3 is 14.7 Å². The minimum atomic E-state index is -0.964. The number of thiazole rings is 1. The summed E-state index contributed by atoms with van der Waals surface area (Å²) in [4.78, 5) is 29.4. The van der Waals surface area contributed by atoms with Gasteiger partial charge in [-0.3, -0.25) is 4.79 Å². The number of carboxylic acids is 1. The number of rotatable bonds is 3. The van der Waals surface area contributed by atoms with Gasteiger partial charge in [-0.25, -0.2) is 9.78 Å². The van der Waals surface area contributed by atoms with Gasteiger partial charge in [-0.05, 0) is 27.2 Å². The summed E-state index contributed by atoms with van der Waals surface area (Å²) in [5.74, 6) is -0.885. The lowest BCUT2D eigenvalue weighted by atomic mass is 9.84. The molecule has 0 radical (unpaired) electrons. The number of likely N-dealkylation sites (tertiary alicyclic amines) is 1. The molecule has 1 N–H and O–H groups in total. The van der Waals surface area contributed by atoms with E-state index in [1.807, 2.05) is 5.38 Å². The predicted molar refractivity (Wildman–Crippen MR) is 78.3 cm³/mol. The Balaban J connectivity index is 2.09. The summed E-state index contributed by atoms with van der Waals surface area (Å²) >= 11 is 1.44. The molecule has 1 unspecified atom stereocenters. The Morgan fingerprint density at radius 2 is 2.24 bits per heavy atom. The Hall–Kier alpha value is -1.63. The number of ether oxygens (including phenoxy) is 1. The van der Waals surface area contributed by atoms with Crippen molar-refractivity contribution in [3.05, 3.63) is 16.6 Å². The zero-order valence-corrected chi connectivity index (χ0v) is 13.3. The van der Waals surface area contributed by atoms with Crippen LogP contribution in [-0.4, -0.2) is 45.7 Å². The Bertz CT molecular complexity index is 524. The van der Waals surface area contributed by atoms with Crippen LogP contribution in [0.2, 0.25) is 0 Å². The third-order valence-electron chi connectivity index (χ3n) is 3.43. The Kier molecular flexibility index (Phi) is 4.22. The van der Waals surface area contributed by atoms with Crippen LogP contribution < -0.4 is 0 Å². The number of carboxylic acid groups (broad SMARTS) is 1. The highest BCUT2D eigenvalue weighted by Gasteiger charge is 2.47. The summed E-state index contributed by atoms with van der Waals surface area (Å²) < 4.78 is 5.31. The average Bonchev–Trinajstić information content (AvgIpc) is 2.97. The van der Waals surface area contributed by atoms with Crippen molar-refractivity contribution in [2.75, 3.05) is 13.1 Å². The van der Waals surface area contributed by atoms with Crippen LogP contribution in [0.15, 0.2) is 11.6 Å². The van der Waals surface area contributed by atoms with E-state index in [4.69, 9.17) is 4.74 Å². The molecule has 0 spiro atoms. The number of amides is 1. The van der Waals surface area contributed by atoms with Crippen LogP contribution in [0.25, 0.3) is 0 Å². The standard InChI is InChI=1S/C14H20N2O4S/c1-13(2,3)20-12(19)16-6-4-14(9-16,11(17)18)8-10-15-5-7-21-10/h5,7H,4,6,8-9H2,1-3H3,(H,17,18). The van der Waals surface area contributed by atoms with Crippen LogP contribution >= 0.6 is 11.3 Å². The van der Waals surface area contributed by atoms with E-state index in [2.05, 4.69) is 4.98 Å². The fraction of sp³-hybridized carbons (Fsp3) is 0.643. The van der Waals surface area contributed by atoms with Gasteiger partial charge in [-0.15, -0.1) is 11.3 Å². The molecule has 1 saturated heterocycles. The molecule has 1 aromatic rings. The van der Waals surface area contributed by atoms with Gasteiger partial charge in [0.05, 0.1) is 10.4 Å². The van der Waals surface area contributed by atoms with E-state index in [1.54, 1.807) is 27.0 Å². The van der Waals surface area contributed by atoms with E-state index in [9.17, 15) is 14.7 Å². The highest BCUT2D eigenvalue weighted by molar-refractivity contribution is 7.09. The van der Waals surface area contributed by atoms with Gasteiger partial charge in [-0.1, -0.05) is 0 Å². The van der Waals surface area contributed by atoms with Crippen LogP contribution in [0.1, 0.15) is 32.2 Å². The second-order valence-electron chi connectivity index (χ2n) is 6.34. The van der Waals surface area contributed by atoms with Crippen LogP contribution in [0.5, 0.6) is 0 Å². The summed E-state index contributed by atoms with van der Waals surface area (Å²) in [6.07, 6.45) is 1.97.